The van der Waals surface area contributed by atoms with E-state index in [1.165, 1.54) is 0 Å². The highest BCUT2D eigenvalue weighted by Crippen LogP contribution is 2.41. The van der Waals surface area contributed by atoms with Crippen LogP contribution >= 0.6 is 0 Å². The summed E-state index contributed by atoms with van der Waals surface area (Å²) in [6, 6.07) is 7.61. The van der Waals surface area contributed by atoms with Gasteiger partial charge in [0.2, 0.25) is 0 Å². The highest BCUT2D eigenvalue weighted by atomic mass is 16.5. The van der Waals surface area contributed by atoms with E-state index in [0.29, 0.717) is 5.69 Å². The second-order valence-corrected chi connectivity index (χ2v) is 4.67. The molecule has 5 nitrogen and oxygen atoms in total. The van der Waals surface area contributed by atoms with Crippen molar-refractivity contribution in [3.63, 3.8) is 0 Å². The number of hydrogen-bond donors (Lipinski definition) is 1. The maximum Gasteiger partial charge on any atom is 0.275 e. The highest BCUT2D eigenvalue weighted by molar-refractivity contribution is 5.98. The summed E-state index contributed by atoms with van der Waals surface area (Å²) in [6.07, 6.45) is 0. The number of benzene rings is 1. The van der Waals surface area contributed by atoms with Crippen molar-refractivity contribution in [2.24, 2.45) is 0 Å². The zero-order valence-electron chi connectivity index (χ0n) is 11.1. The molecule has 3 rings (SSSR count). The first-order chi connectivity index (χ1) is 9.15. The molecule has 2 heterocycles. The smallest absolute Gasteiger partial charge is 0.275 e. The number of rotatable bonds is 2. The van der Waals surface area contributed by atoms with E-state index < -0.39 is 0 Å². The van der Waals surface area contributed by atoms with Crippen molar-refractivity contribution in [2.45, 2.75) is 13.0 Å². The van der Waals surface area contributed by atoms with Crippen LogP contribution < -0.4 is 4.74 Å². The van der Waals surface area contributed by atoms with Gasteiger partial charge in [0.1, 0.15) is 5.75 Å². The minimum Gasteiger partial charge on any atom is -0.496 e. The number of amides is 1. The van der Waals surface area contributed by atoms with Gasteiger partial charge in [0, 0.05) is 23.9 Å². The van der Waals surface area contributed by atoms with Crippen LogP contribution in [0.3, 0.4) is 0 Å². The van der Waals surface area contributed by atoms with Crippen LogP contribution in [0.15, 0.2) is 24.3 Å². The van der Waals surface area contributed by atoms with Crippen molar-refractivity contribution in [3.05, 3.63) is 46.8 Å². The summed E-state index contributed by atoms with van der Waals surface area (Å²) in [5, 5.41) is 6.99. The topological polar surface area (TPSA) is 58.2 Å². The molecular weight excluding hydrogens is 242 g/mol. The molecule has 0 unspecified atom stereocenters. The second-order valence-electron chi connectivity index (χ2n) is 4.67. The normalized spacial score (nSPS) is 17.7. The summed E-state index contributed by atoms with van der Waals surface area (Å²) in [7, 11) is 3.43. The Bertz CT molecular complexity index is 648. The number of aromatic nitrogens is 2. The van der Waals surface area contributed by atoms with Gasteiger partial charge in [0.25, 0.3) is 5.91 Å². The van der Waals surface area contributed by atoms with Crippen molar-refractivity contribution in [1.82, 2.24) is 15.1 Å². The Morgan fingerprint density at radius 1 is 1.37 bits per heavy atom. The predicted molar refractivity (Wildman–Crippen MR) is 70.3 cm³/mol. The quantitative estimate of drug-likeness (QED) is 0.894. The summed E-state index contributed by atoms with van der Waals surface area (Å²) in [5.41, 5.74) is 3.35. The van der Waals surface area contributed by atoms with Crippen LogP contribution in [0.1, 0.15) is 33.4 Å². The number of carbonyl (C=O) groups excluding carboxylic acids is 1. The fourth-order valence-corrected chi connectivity index (χ4v) is 2.67. The monoisotopic (exact) mass is 257 g/mol. The van der Waals surface area contributed by atoms with E-state index in [2.05, 4.69) is 10.2 Å². The van der Waals surface area contributed by atoms with E-state index in [-0.39, 0.29) is 11.9 Å². The van der Waals surface area contributed by atoms with Gasteiger partial charge < -0.3 is 9.64 Å². The van der Waals surface area contributed by atoms with Gasteiger partial charge in [-0.05, 0) is 13.0 Å². The summed E-state index contributed by atoms with van der Waals surface area (Å²) < 4.78 is 5.40. The van der Waals surface area contributed by atoms with Crippen LogP contribution in [-0.2, 0) is 0 Å². The Morgan fingerprint density at radius 2 is 2.11 bits per heavy atom. The molecule has 1 aromatic heterocycles. The number of nitrogens with zero attached hydrogens (tertiary/aromatic N) is 2. The van der Waals surface area contributed by atoms with E-state index >= 15 is 0 Å². The molecule has 2 aromatic rings. The predicted octanol–water partition coefficient (Wildman–Crippen LogP) is 1.90. The molecule has 0 saturated heterocycles. The molecule has 0 bridgehead atoms. The largest absolute Gasteiger partial charge is 0.496 e. The first-order valence-electron chi connectivity index (χ1n) is 6.10. The SMILES string of the molecule is COc1ccccc1[C@@H]1c2c(n[nH]c2C)C(=O)N1C. The molecule has 0 fully saturated rings. The minimum absolute atomic E-state index is 0.0599. The lowest BCUT2D eigenvalue weighted by molar-refractivity contribution is 0.0786. The summed E-state index contributed by atoms with van der Waals surface area (Å²) in [6.45, 7) is 1.93. The minimum atomic E-state index is -0.141. The summed E-state index contributed by atoms with van der Waals surface area (Å²) in [4.78, 5) is 13.9. The highest BCUT2D eigenvalue weighted by Gasteiger charge is 2.40. The maximum absolute atomic E-state index is 12.2. The van der Waals surface area contributed by atoms with Crippen molar-refractivity contribution in [3.8, 4) is 5.75 Å². The molecule has 19 heavy (non-hydrogen) atoms. The summed E-state index contributed by atoms with van der Waals surface area (Å²) in [5.74, 6) is 0.718. The molecule has 0 spiro atoms. The number of carbonyl (C=O) groups is 1. The molecule has 0 aliphatic carbocycles. The maximum atomic E-state index is 12.2. The number of para-hydroxylation sites is 1. The van der Waals surface area contributed by atoms with Crippen LogP contribution in [0.5, 0.6) is 5.75 Å². The number of ether oxygens (including phenoxy) is 1. The third-order valence-corrected chi connectivity index (χ3v) is 3.61. The number of nitrogens with one attached hydrogen (secondary N) is 1. The van der Waals surface area contributed by atoms with Gasteiger partial charge in [0.05, 0.1) is 13.2 Å². The van der Waals surface area contributed by atoms with E-state index in [1.54, 1.807) is 19.1 Å². The lowest BCUT2D eigenvalue weighted by atomic mass is 9.98. The van der Waals surface area contributed by atoms with E-state index in [4.69, 9.17) is 4.74 Å². The second kappa shape index (κ2) is 4.12. The van der Waals surface area contributed by atoms with Crippen molar-refractivity contribution >= 4 is 5.91 Å². The molecule has 0 saturated carbocycles. The number of hydrogen-bond acceptors (Lipinski definition) is 3. The fourth-order valence-electron chi connectivity index (χ4n) is 2.67. The van der Waals surface area contributed by atoms with Crippen LogP contribution in [0.2, 0.25) is 0 Å². The van der Waals surface area contributed by atoms with Gasteiger partial charge >= 0.3 is 0 Å². The molecule has 0 radical (unpaired) electrons. The number of H-pyrrole nitrogens is 1. The molecule has 1 atom stereocenters. The average Bonchev–Trinajstić information content (AvgIpc) is 2.91. The summed E-state index contributed by atoms with van der Waals surface area (Å²) >= 11 is 0. The van der Waals surface area contributed by atoms with Gasteiger partial charge in [-0.1, -0.05) is 18.2 Å². The molecular formula is C14H15N3O2. The zero-order valence-corrected chi connectivity index (χ0v) is 11.1. The molecule has 1 aliphatic rings. The van der Waals surface area contributed by atoms with E-state index in [0.717, 1.165) is 22.6 Å². The Kier molecular flexibility index (Phi) is 2.55. The van der Waals surface area contributed by atoms with E-state index in [1.807, 2.05) is 31.2 Å². The Morgan fingerprint density at radius 3 is 2.84 bits per heavy atom. The number of aryl methyl sites for hydroxylation is 1. The van der Waals surface area contributed by atoms with Crippen molar-refractivity contribution in [1.29, 1.82) is 0 Å². The third-order valence-electron chi connectivity index (χ3n) is 3.61. The standard InChI is InChI=1S/C14H15N3O2/c1-8-11-12(16-15-8)14(18)17(2)13(11)9-6-4-5-7-10(9)19-3/h4-7,13H,1-3H3,(H,15,16)/t13-/m1/s1. The van der Waals surface area contributed by atoms with Gasteiger partial charge in [-0.15, -0.1) is 0 Å². The molecule has 1 amide bonds. The average molecular weight is 257 g/mol. The van der Waals surface area contributed by atoms with Gasteiger partial charge in [-0.25, -0.2) is 0 Å². The van der Waals surface area contributed by atoms with E-state index in [9.17, 15) is 4.79 Å². The molecule has 1 aromatic carbocycles. The zero-order chi connectivity index (χ0) is 13.6. The Hall–Kier alpha value is -2.30. The van der Waals surface area contributed by atoms with Crippen LogP contribution in [0.25, 0.3) is 0 Å². The molecule has 5 heteroatoms. The molecule has 1 aliphatic heterocycles. The third kappa shape index (κ3) is 1.54. The number of methoxy groups -OCH3 is 1. The lowest BCUT2D eigenvalue weighted by Crippen LogP contribution is -2.25. The fraction of sp³-hybridized carbons (Fsp3) is 0.286. The molecule has 1 N–H and O–H groups in total. The first kappa shape index (κ1) is 11.8. The number of fused-ring (bicyclic) bond motifs is 1. The molecule has 98 valence electrons. The van der Waals surface area contributed by atoms with Gasteiger partial charge in [0.15, 0.2) is 5.69 Å². The van der Waals surface area contributed by atoms with Crippen LogP contribution in [-0.4, -0.2) is 35.2 Å². The van der Waals surface area contributed by atoms with Crippen molar-refractivity contribution in [2.75, 3.05) is 14.2 Å². The van der Waals surface area contributed by atoms with Gasteiger partial charge in [-0.2, -0.15) is 5.10 Å². The Balaban J connectivity index is 2.20. The first-order valence-corrected chi connectivity index (χ1v) is 6.10. The number of aromatic amines is 1. The van der Waals surface area contributed by atoms with Crippen LogP contribution in [0, 0.1) is 6.92 Å². The Labute approximate surface area is 111 Å². The van der Waals surface area contributed by atoms with Crippen molar-refractivity contribution < 1.29 is 9.53 Å². The lowest BCUT2D eigenvalue weighted by Gasteiger charge is -2.23. The van der Waals surface area contributed by atoms with Gasteiger partial charge in [-0.3, -0.25) is 9.89 Å². The van der Waals surface area contributed by atoms with Crippen LogP contribution in [0.4, 0.5) is 0 Å².